The minimum absolute atomic E-state index is 0.0706. The Labute approximate surface area is 156 Å². The van der Waals surface area contributed by atoms with Crippen molar-refractivity contribution in [1.29, 1.82) is 0 Å². The molecule has 0 fully saturated rings. The van der Waals surface area contributed by atoms with E-state index < -0.39 is 11.7 Å². The maximum absolute atomic E-state index is 12.6. The first-order valence-corrected chi connectivity index (χ1v) is 8.83. The molecule has 6 heteroatoms. The molecule has 0 aliphatic rings. The second kappa shape index (κ2) is 7.63. The third-order valence-corrected chi connectivity index (χ3v) is 4.55. The fourth-order valence-electron chi connectivity index (χ4n) is 3.15. The number of aromatic hydroxyl groups is 1. The summed E-state index contributed by atoms with van der Waals surface area (Å²) < 4.78 is 5.40. The molecule has 3 aromatic rings. The van der Waals surface area contributed by atoms with Crippen molar-refractivity contribution in [2.75, 3.05) is 5.32 Å². The topological polar surface area (TPSA) is 106 Å². The first-order chi connectivity index (χ1) is 12.9. The SMILES string of the molecule is CCC(c1cccc(NC(=O)[C@H](C)N)c1)c1c(O)c2ccccc2oc1=O. The molecule has 6 nitrogen and oxygen atoms in total. The third kappa shape index (κ3) is 3.71. The van der Waals surface area contributed by atoms with Gasteiger partial charge in [-0.05, 0) is 43.2 Å². The van der Waals surface area contributed by atoms with Gasteiger partial charge in [-0.2, -0.15) is 0 Å². The van der Waals surface area contributed by atoms with Crippen molar-refractivity contribution in [1.82, 2.24) is 0 Å². The summed E-state index contributed by atoms with van der Waals surface area (Å²) in [5.74, 6) is -0.745. The lowest BCUT2D eigenvalue weighted by atomic mass is 9.88. The number of rotatable bonds is 5. The number of amides is 1. The molecular formula is C21H22N2O4. The Morgan fingerprint density at radius 3 is 2.67 bits per heavy atom. The van der Waals surface area contributed by atoms with Crippen LogP contribution in [0.2, 0.25) is 0 Å². The van der Waals surface area contributed by atoms with Crippen molar-refractivity contribution >= 4 is 22.6 Å². The Morgan fingerprint density at radius 1 is 1.22 bits per heavy atom. The van der Waals surface area contributed by atoms with Crippen LogP contribution >= 0.6 is 0 Å². The zero-order chi connectivity index (χ0) is 19.6. The van der Waals surface area contributed by atoms with Gasteiger partial charge < -0.3 is 20.6 Å². The van der Waals surface area contributed by atoms with Crippen molar-refractivity contribution in [3.8, 4) is 5.75 Å². The molecule has 0 bridgehead atoms. The molecule has 1 heterocycles. The summed E-state index contributed by atoms with van der Waals surface area (Å²) in [6.45, 7) is 3.53. The largest absolute Gasteiger partial charge is 0.507 e. The summed E-state index contributed by atoms with van der Waals surface area (Å²) in [6.07, 6.45) is 0.571. The van der Waals surface area contributed by atoms with E-state index in [2.05, 4.69) is 5.32 Å². The molecule has 4 N–H and O–H groups in total. The van der Waals surface area contributed by atoms with E-state index in [-0.39, 0.29) is 23.1 Å². The molecule has 0 spiro atoms. The van der Waals surface area contributed by atoms with E-state index in [1.54, 1.807) is 49.4 Å². The number of hydrogen-bond acceptors (Lipinski definition) is 5. The van der Waals surface area contributed by atoms with Crippen LogP contribution in [0.15, 0.2) is 57.7 Å². The van der Waals surface area contributed by atoms with Crippen LogP contribution in [0.4, 0.5) is 5.69 Å². The number of nitrogens with one attached hydrogen (secondary N) is 1. The number of fused-ring (bicyclic) bond motifs is 1. The standard InChI is InChI=1S/C21H22N2O4/c1-3-15(13-7-6-8-14(11-13)23-20(25)12(2)22)18-19(24)16-9-4-5-10-17(16)27-21(18)26/h4-12,15,24H,3,22H2,1-2H3,(H,23,25)/t12-,15?/m0/s1. The van der Waals surface area contributed by atoms with E-state index in [1.165, 1.54) is 0 Å². The van der Waals surface area contributed by atoms with Crippen molar-refractivity contribution in [3.05, 3.63) is 70.1 Å². The van der Waals surface area contributed by atoms with E-state index in [0.29, 0.717) is 23.1 Å². The van der Waals surface area contributed by atoms with Crippen LogP contribution in [-0.4, -0.2) is 17.1 Å². The molecular weight excluding hydrogens is 344 g/mol. The van der Waals surface area contributed by atoms with Crippen LogP contribution in [-0.2, 0) is 4.79 Å². The predicted octanol–water partition coefficient (Wildman–Crippen LogP) is 3.33. The monoisotopic (exact) mass is 366 g/mol. The van der Waals surface area contributed by atoms with Crippen LogP contribution in [0, 0.1) is 0 Å². The van der Waals surface area contributed by atoms with E-state index >= 15 is 0 Å². The van der Waals surface area contributed by atoms with Crippen LogP contribution in [0.25, 0.3) is 11.0 Å². The summed E-state index contributed by atoms with van der Waals surface area (Å²) in [5, 5.41) is 14.0. The summed E-state index contributed by atoms with van der Waals surface area (Å²) in [6, 6.07) is 13.4. The highest BCUT2D eigenvalue weighted by Gasteiger charge is 2.23. The lowest BCUT2D eigenvalue weighted by molar-refractivity contribution is -0.117. The fraction of sp³-hybridized carbons (Fsp3) is 0.238. The minimum atomic E-state index is -0.632. The van der Waals surface area contributed by atoms with Gasteiger partial charge in [0, 0.05) is 11.6 Å². The highest BCUT2D eigenvalue weighted by molar-refractivity contribution is 5.94. The summed E-state index contributed by atoms with van der Waals surface area (Å²) >= 11 is 0. The first-order valence-electron chi connectivity index (χ1n) is 8.83. The van der Waals surface area contributed by atoms with E-state index in [1.807, 2.05) is 13.0 Å². The number of para-hydroxylation sites is 1. The maximum Gasteiger partial charge on any atom is 0.343 e. The Balaban J connectivity index is 2.07. The van der Waals surface area contributed by atoms with Gasteiger partial charge in [0.2, 0.25) is 5.91 Å². The van der Waals surface area contributed by atoms with Crippen LogP contribution < -0.4 is 16.7 Å². The van der Waals surface area contributed by atoms with Crippen LogP contribution in [0.1, 0.15) is 37.3 Å². The van der Waals surface area contributed by atoms with Gasteiger partial charge in [0.15, 0.2) is 0 Å². The lowest BCUT2D eigenvalue weighted by Crippen LogP contribution is -2.32. The molecule has 2 atom stereocenters. The van der Waals surface area contributed by atoms with Crippen LogP contribution in [0.3, 0.4) is 0 Å². The van der Waals surface area contributed by atoms with Crippen LogP contribution in [0.5, 0.6) is 5.75 Å². The van der Waals surface area contributed by atoms with Gasteiger partial charge in [0.05, 0.1) is 17.0 Å². The molecule has 0 saturated carbocycles. The maximum atomic E-state index is 12.6. The Hall–Kier alpha value is -3.12. The molecule has 3 rings (SSSR count). The number of carbonyl (C=O) groups excluding carboxylic acids is 1. The highest BCUT2D eigenvalue weighted by Crippen LogP contribution is 2.36. The van der Waals surface area contributed by atoms with Crippen molar-refractivity contribution < 1.29 is 14.3 Å². The van der Waals surface area contributed by atoms with Gasteiger partial charge in [0.1, 0.15) is 11.3 Å². The van der Waals surface area contributed by atoms with Crippen molar-refractivity contribution in [2.24, 2.45) is 5.73 Å². The molecule has 140 valence electrons. The Kier molecular flexibility index (Phi) is 5.28. The normalized spacial score (nSPS) is 13.3. The molecule has 0 aliphatic heterocycles. The average Bonchev–Trinajstić information content (AvgIpc) is 2.65. The number of nitrogens with two attached hydrogens (primary N) is 1. The quantitative estimate of drug-likeness (QED) is 0.601. The fourth-order valence-corrected chi connectivity index (χ4v) is 3.15. The molecule has 1 aromatic heterocycles. The molecule has 0 radical (unpaired) electrons. The zero-order valence-electron chi connectivity index (χ0n) is 15.2. The zero-order valence-corrected chi connectivity index (χ0v) is 15.2. The molecule has 27 heavy (non-hydrogen) atoms. The Bertz CT molecular complexity index is 1040. The van der Waals surface area contributed by atoms with Gasteiger partial charge in [0.25, 0.3) is 0 Å². The van der Waals surface area contributed by atoms with Crippen molar-refractivity contribution in [2.45, 2.75) is 32.2 Å². The average molecular weight is 366 g/mol. The number of anilines is 1. The highest BCUT2D eigenvalue weighted by atomic mass is 16.4. The first kappa shape index (κ1) is 18.7. The predicted molar refractivity (Wildman–Crippen MR) is 105 cm³/mol. The number of hydrogen-bond donors (Lipinski definition) is 3. The molecule has 2 aromatic carbocycles. The summed E-state index contributed by atoms with van der Waals surface area (Å²) in [7, 11) is 0. The van der Waals surface area contributed by atoms with Gasteiger partial charge in [-0.15, -0.1) is 0 Å². The van der Waals surface area contributed by atoms with Gasteiger partial charge >= 0.3 is 5.63 Å². The summed E-state index contributed by atoms with van der Waals surface area (Å²) in [5.41, 5.74) is 6.96. The lowest BCUT2D eigenvalue weighted by Gasteiger charge is -2.18. The van der Waals surface area contributed by atoms with Gasteiger partial charge in [-0.3, -0.25) is 4.79 Å². The van der Waals surface area contributed by atoms with Crippen molar-refractivity contribution in [3.63, 3.8) is 0 Å². The van der Waals surface area contributed by atoms with E-state index in [9.17, 15) is 14.7 Å². The second-order valence-corrected chi connectivity index (χ2v) is 6.51. The molecule has 0 saturated heterocycles. The second-order valence-electron chi connectivity index (χ2n) is 6.51. The third-order valence-electron chi connectivity index (χ3n) is 4.55. The smallest absolute Gasteiger partial charge is 0.343 e. The molecule has 0 aliphatic carbocycles. The molecule has 1 amide bonds. The number of benzene rings is 2. The minimum Gasteiger partial charge on any atom is -0.507 e. The van der Waals surface area contributed by atoms with Gasteiger partial charge in [-0.1, -0.05) is 31.2 Å². The molecule has 1 unspecified atom stereocenters. The number of carbonyl (C=O) groups is 1. The van der Waals surface area contributed by atoms with Gasteiger partial charge in [-0.25, -0.2) is 4.79 Å². The Morgan fingerprint density at radius 2 is 1.96 bits per heavy atom. The van der Waals surface area contributed by atoms with E-state index in [4.69, 9.17) is 10.2 Å². The van der Waals surface area contributed by atoms with E-state index in [0.717, 1.165) is 5.56 Å². The summed E-state index contributed by atoms with van der Waals surface area (Å²) in [4.78, 5) is 24.4.